The Kier molecular flexibility index (Phi) is 2.66. The number of benzene rings is 1. The van der Waals surface area contributed by atoms with Crippen LogP contribution in [0.15, 0.2) is 30.5 Å². The van der Waals surface area contributed by atoms with Crippen molar-refractivity contribution in [1.29, 1.82) is 0 Å². The van der Waals surface area contributed by atoms with Crippen LogP contribution in [0.2, 0.25) is 5.02 Å². The minimum absolute atomic E-state index is 0.133. The number of halogens is 2. The summed E-state index contributed by atoms with van der Waals surface area (Å²) >= 11 is 5.76. The van der Waals surface area contributed by atoms with Gasteiger partial charge in [0.15, 0.2) is 5.75 Å². The van der Waals surface area contributed by atoms with Gasteiger partial charge in [0.1, 0.15) is 5.82 Å². The number of aromatic nitrogens is 1. The van der Waals surface area contributed by atoms with Gasteiger partial charge in [0.25, 0.3) is 0 Å². The van der Waals surface area contributed by atoms with Crippen LogP contribution in [0.5, 0.6) is 5.75 Å². The van der Waals surface area contributed by atoms with Gasteiger partial charge in [0.05, 0.1) is 17.6 Å². The summed E-state index contributed by atoms with van der Waals surface area (Å²) in [5.74, 6) is -0.576. The zero-order valence-electron chi connectivity index (χ0n) is 8.11. The average Bonchev–Trinajstić information content (AvgIpc) is 2.26. The molecule has 82 valence electrons. The normalized spacial score (nSPS) is 10.4. The number of rotatable bonds is 1. The molecule has 1 aromatic heterocycles. The van der Waals surface area contributed by atoms with Crippen molar-refractivity contribution in [2.45, 2.75) is 0 Å². The monoisotopic (exact) mass is 238 g/mol. The average molecular weight is 239 g/mol. The van der Waals surface area contributed by atoms with Crippen LogP contribution in [-0.2, 0) is 0 Å². The summed E-state index contributed by atoms with van der Waals surface area (Å²) in [5, 5.41) is 9.61. The molecular weight excluding hydrogens is 231 g/mol. The van der Waals surface area contributed by atoms with E-state index in [4.69, 9.17) is 17.3 Å². The van der Waals surface area contributed by atoms with Crippen LogP contribution in [0, 0.1) is 5.82 Å². The maximum absolute atomic E-state index is 13.5. The van der Waals surface area contributed by atoms with Crippen LogP contribution in [-0.4, -0.2) is 10.1 Å². The molecule has 5 heteroatoms. The van der Waals surface area contributed by atoms with Crippen molar-refractivity contribution in [2.24, 2.45) is 0 Å². The number of nitrogens with two attached hydrogens (primary N) is 1. The van der Waals surface area contributed by atoms with Gasteiger partial charge in [-0.05, 0) is 24.3 Å². The van der Waals surface area contributed by atoms with Gasteiger partial charge in [-0.25, -0.2) is 4.39 Å². The fraction of sp³-hybridized carbons (Fsp3) is 0. The van der Waals surface area contributed by atoms with Crippen molar-refractivity contribution in [1.82, 2.24) is 4.98 Å². The quantitative estimate of drug-likeness (QED) is 0.803. The van der Waals surface area contributed by atoms with Crippen molar-refractivity contribution >= 4 is 17.3 Å². The van der Waals surface area contributed by atoms with E-state index in [-0.39, 0.29) is 17.0 Å². The smallest absolute Gasteiger partial charge is 0.156 e. The van der Waals surface area contributed by atoms with E-state index in [0.717, 1.165) is 0 Å². The second kappa shape index (κ2) is 3.98. The molecule has 1 aromatic carbocycles. The summed E-state index contributed by atoms with van der Waals surface area (Å²) in [6, 6.07) is 5.55. The first-order chi connectivity index (χ1) is 7.58. The van der Waals surface area contributed by atoms with Crippen molar-refractivity contribution in [2.75, 3.05) is 5.73 Å². The van der Waals surface area contributed by atoms with Gasteiger partial charge in [0.2, 0.25) is 0 Å². The second-order valence-corrected chi connectivity index (χ2v) is 3.69. The lowest BCUT2D eigenvalue weighted by Gasteiger charge is -2.05. The molecule has 2 aromatic rings. The lowest BCUT2D eigenvalue weighted by Crippen LogP contribution is -1.92. The molecule has 0 bridgehead atoms. The molecule has 3 nitrogen and oxygen atoms in total. The lowest BCUT2D eigenvalue weighted by atomic mass is 10.1. The van der Waals surface area contributed by atoms with Crippen molar-refractivity contribution in [3.63, 3.8) is 0 Å². The molecule has 0 radical (unpaired) electrons. The predicted octanol–water partition coefficient (Wildman–Crippen LogP) is 2.83. The Bertz CT molecular complexity index is 546. The first kappa shape index (κ1) is 10.7. The van der Waals surface area contributed by atoms with Gasteiger partial charge in [-0.15, -0.1) is 0 Å². The van der Waals surface area contributed by atoms with Crippen LogP contribution in [0.25, 0.3) is 11.3 Å². The van der Waals surface area contributed by atoms with E-state index in [9.17, 15) is 9.50 Å². The maximum atomic E-state index is 13.5. The fourth-order valence-electron chi connectivity index (χ4n) is 1.30. The topological polar surface area (TPSA) is 59.1 Å². The van der Waals surface area contributed by atoms with Gasteiger partial charge in [-0.2, -0.15) is 0 Å². The molecule has 0 aliphatic heterocycles. The summed E-state index contributed by atoms with van der Waals surface area (Å²) in [6.45, 7) is 0. The summed E-state index contributed by atoms with van der Waals surface area (Å²) in [5.41, 5.74) is 6.22. The van der Waals surface area contributed by atoms with E-state index in [1.807, 2.05) is 0 Å². The minimum atomic E-state index is -0.443. The van der Waals surface area contributed by atoms with Gasteiger partial charge >= 0.3 is 0 Å². The van der Waals surface area contributed by atoms with Crippen molar-refractivity contribution in [3.8, 4) is 17.0 Å². The molecule has 0 atom stereocenters. The predicted molar refractivity (Wildman–Crippen MR) is 60.7 cm³/mol. The Morgan fingerprint density at radius 3 is 2.75 bits per heavy atom. The molecule has 0 aliphatic carbocycles. The van der Waals surface area contributed by atoms with E-state index in [2.05, 4.69) is 4.98 Å². The Labute approximate surface area is 96.3 Å². The third-order valence-corrected chi connectivity index (χ3v) is 2.35. The molecular formula is C11H8ClFN2O. The second-order valence-electron chi connectivity index (χ2n) is 3.25. The summed E-state index contributed by atoms with van der Waals surface area (Å²) in [7, 11) is 0. The SMILES string of the molecule is Nc1cc(-c2cc(Cl)ccc2F)ncc1O. The largest absolute Gasteiger partial charge is 0.504 e. The zero-order valence-corrected chi connectivity index (χ0v) is 8.87. The standard InChI is InChI=1S/C11H8ClFN2O/c12-6-1-2-8(13)7(3-6)10-4-9(14)11(16)5-15-10/h1-5,16H,(H2,14,15). The van der Waals surface area contributed by atoms with E-state index in [1.54, 1.807) is 0 Å². The summed E-state index contributed by atoms with van der Waals surface area (Å²) in [4.78, 5) is 3.88. The first-order valence-electron chi connectivity index (χ1n) is 4.48. The molecule has 0 aliphatic rings. The molecule has 0 fully saturated rings. The van der Waals surface area contributed by atoms with Crippen LogP contribution in [0.3, 0.4) is 0 Å². The van der Waals surface area contributed by atoms with Gasteiger partial charge in [0, 0.05) is 10.6 Å². The third kappa shape index (κ3) is 1.92. The van der Waals surface area contributed by atoms with E-state index >= 15 is 0 Å². The molecule has 3 N–H and O–H groups in total. The minimum Gasteiger partial charge on any atom is -0.504 e. The molecule has 16 heavy (non-hydrogen) atoms. The molecule has 1 heterocycles. The Balaban J connectivity index is 2.58. The van der Waals surface area contributed by atoms with Gasteiger partial charge in [-0.3, -0.25) is 4.98 Å². The number of hydrogen-bond donors (Lipinski definition) is 2. The zero-order chi connectivity index (χ0) is 11.7. The summed E-state index contributed by atoms with van der Waals surface area (Å²) in [6.07, 6.45) is 1.17. The highest BCUT2D eigenvalue weighted by Crippen LogP contribution is 2.28. The van der Waals surface area contributed by atoms with Crippen LogP contribution >= 0.6 is 11.6 Å². The first-order valence-corrected chi connectivity index (χ1v) is 4.85. The number of anilines is 1. The van der Waals surface area contributed by atoms with Crippen molar-refractivity contribution in [3.05, 3.63) is 41.3 Å². The van der Waals surface area contributed by atoms with Gasteiger partial charge in [-0.1, -0.05) is 11.6 Å². The number of pyridine rings is 1. The van der Waals surface area contributed by atoms with E-state index < -0.39 is 5.82 Å². The lowest BCUT2D eigenvalue weighted by molar-refractivity contribution is 0.475. The molecule has 0 unspecified atom stereocenters. The highest BCUT2D eigenvalue weighted by Gasteiger charge is 2.09. The highest BCUT2D eigenvalue weighted by molar-refractivity contribution is 6.30. The van der Waals surface area contributed by atoms with Crippen LogP contribution in [0.1, 0.15) is 0 Å². The maximum Gasteiger partial charge on any atom is 0.156 e. The molecule has 0 saturated carbocycles. The van der Waals surface area contributed by atoms with E-state index in [1.165, 1.54) is 30.5 Å². The molecule has 0 saturated heterocycles. The molecule has 0 amide bonds. The van der Waals surface area contributed by atoms with Gasteiger partial charge < -0.3 is 10.8 Å². The van der Waals surface area contributed by atoms with Crippen LogP contribution in [0.4, 0.5) is 10.1 Å². The van der Waals surface area contributed by atoms with Crippen LogP contribution < -0.4 is 5.73 Å². The Hall–Kier alpha value is -1.81. The number of nitrogen functional groups attached to an aromatic ring is 1. The number of hydrogen-bond acceptors (Lipinski definition) is 3. The molecule has 0 spiro atoms. The third-order valence-electron chi connectivity index (χ3n) is 2.12. The van der Waals surface area contributed by atoms with Crippen molar-refractivity contribution < 1.29 is 9.50 Å². The number of nitrogens with zero attached hydrogens (tertiary/aromatic N) is 1. The Morgan fingerprint density at radius 2 is 2.06 bits per heavy atom. The summed E-state index contributed by atoms with van der Waals surface area (Å²) < 4.78 is 13.5. The van der Waals surface area contributed by atoms with E-state index in [0.29, 0.717) is 10.7 Å². The Morgan fingerprint density at radius 1 is 1.31 bits per heavy atom. The number of aromatic hydroxyl groups is 1. The molecule has 2 rings (SSSR count). The fourth-order valence-corrected chi connectivity index (χ4v) is 1.48. The highest BCUT2D eigenvalue weighted by atomic mass is 35.5.